The molecule has 0 atom stereocenters. The van der Waals surface area contributed by atoms with Crippen LogP contribution >= 0.6 is 0 Å². The molecule has 2 rings (SSSR count). The maximum absolute atomic E-state index is 2.46. The smallest absolute Gasteiger partial charge is 0.0243 e. The molecule has 1 nitrogen and oxygen atoms in total. The Labute approximate surface area is 99.5 Å². The third kappa shape index (κ3) is 2.46. The third-order valence-corrected chi connectivity index (χ3v) is 4.11. The summed E-state index contributed by atoms with van der Waals surface area (Å²) in [4.78, 5) is 2.46. The average molecular weight is 217 g/mol. The molecule has 16 heavy (non-hydrogen) atoms. The molecule has 88 valence electrons. The standard InChI is InChI=1S/C15H23N/c1-16(2)15(11-7-4-8-12-15)13-14-9-5-3-6-10-14/h3,5-6,9-10H,4,7-8,11-13H2,1-2H3. The van der Waals surface area contributed by atoms with Crippen LogP contribution in [0.15, 0.2) is 30.3 Å². The summed E-state index contributed by atoms with van der Waals surface area (Å²) in [6, 6.07) is 10.9. The molecule has 0 spiro atoms. The fourth-order valence-electron chi connectivity index (χ4n) is 2.97. The Balaban J connectivity index is 2.14. The van der Waals surface area contributed by atoms with E-state index in [9.17, 15) is 0 Å². The molecule has 1 saturated carbocycles. The highest BCUT2D eigenvalue weighted by Gasteiger charge is 2.33. The Morgan fingerprint density at radius 2 is 1.62 bits per heavy atom. The highest BCUT2D eigenvalue weighted by molar-refractivity contribution is 5.18. The molecular formula is C15H23N. The molecule has 0 radical (unpaired) electrons. The van der Waals surface area contributed by atoms with Gasteiger partial charge in [-0.3, -0.25) is 0 Å². The largest absolute Gasteiger partial charge is 0.303 e. The number of nitrogens with zero attached hydrogens (tertiary/aromatic N) is 1. The Kier molecular flexibility index (Phi) is 3.65. The molecule has 1 aliphatic carbocycles. The van der Waals surface area contributed by atoms with Crippen LogP contribution in [-0.2, 0) is 6.42 Å². The zero-order valence-electron chi connectivity index (χ0n) is 10.6. The fraction of sp³-hybridized carbons (Fsp3) is 0.600. The Morgan fingerprint density at radius 1 is 1.00 bits per heavy atom. The van der Waals surface area contributed by atoms with E-state index in [1.807, 2.05) is 0 Å². The second-order valence-corrected chi connectivity index (χ2v) is 5.34. The molecular weight excluding hydrogens is 194 g/mol. The zero-order chi connectivity index (χ0) is 11.4. The van der Waals surface area contributed by atoms with Crippen LogP contribution in [0.25, 0.3) is 0 Å². The number of hydrogen-bond acceptors (Lipinski definition) is 1. The van der Waals surface area contributed by atoms with Crippen LogP contribution in [-0.4, -0.2) is 24.5 Å². The van der Waals surface area contributed by atoms with Gasteiger partial charge in [0, 0.05) is 5.54 Å². The first-order valence-corrected chi connectivity index (χ1v) is 6.44. The van der Waals surface area contributed by atoms with Gasteiger partial charge in [0.1, 0.15) is 0 Å². The van der Waals surface area contributed by atoms with E-state index in [-0.39, 0.29) is 0 Å². The fourth-order valence-corrected chi connectivity index (χ4v) is 2.97. The van der Waals surface area contributed by atoms with Gasteiger partial charge >= 0.3 is 0 Å². The predicted molar refractivity (Wildman–Crippen MR) is 69.6 cm³/mol. The summed E-state index contributed by atoms with van der Waals surface area (Å²) in [6.07, 6.45) is 8.13. The van der Waals surface area contributed by atoms with Crippen molar-refractivity contribution in [2.75, 3.05) is 14.1 Å². The van der Waals surface area contributed by atoms with Gasteiger partial charge < -0.3 is 4.90 Å². The van der Waals surface area contributed by atoms with Crippen molar-refractivity contribution in [1.82, 2.24) is 4.90 Å². The van der Waals surface area contributed by atoms with Crippen molar-refractivity contribution < 1.29 is 0 Å². The summed E-state index contributed by atoms with van der Waals surface area (Å²) in [5.74, 6) is 0. The molecule has 0 saturated heterocycles. The van der Waals surface area contributed by atoms with Crippen LogP contribution in [0.3, 0.4) is 0 Å². The van der Waals surface area contributed by atoms with E-state index in [2.05, 4.69) is 49.3 Å². The Morgan fingerprint density at radius 3 is 2.19 bits per heavy atom. The van der Waals surface area contributed by atoms with Crippen LogP contribution < -0.4 is 0 Å². The van der Waals surface area contributed by atoms with E-state index in [4.69, 9.17) is 0 Å². The monoisotopic (exact) mass is 217 g/mol. The molecule has 0 unspecified atom stereocenters. The van der Waals surface area contributed by atoms with Gasteiger partial charge in [-0.05, 0) is 38.9 Å². The van der Waals surface area contributed by atoms with Gasteiger partial charge in [0.15, 0.2) is 0 Å². The van der Waals surface area contributed by atoms with Crippen LogP contribution in [0, 0.1) is 0 Å². The van der Waals surface area contributed by atoms with Crippen molar-refractivity contribution in [3.63, 3.8) is 0 Å². The lowest BCUT2D eigenvalue weighted by Gasteiger charge is -2.43. The van der Waals surface area contributed by atoms with E-state index in [1.54, 1.807) is 0 Å². The van der Waals surface area contributed by atoms with Crippen molar-refractivity contribution in [1.29, 1.82) is 0 Å². The SMILES string of the molecule is CN(C)C1(Cc2ccccc2)CCCCC1. The number of likely N-dealkylation sites (N-methyl/N-ethyl adjacent to an activating group) is 1. The van der Waals surface area contributed by atoms with Crippen molar-refractivity contribution >= 4 is 0 Å². The molecule has 0 N–H and O–H groups in total. The molecule has 0 heterocycles. The van der Waals surface area contributed by atoms with Gasteiger partial charge in [-0.1, -0.05) is 49.6 Å². The predicted octanol–water partition coefficient (Wildman–Crippen LogP) is 3.49. The minimum absolute atomic E-state index is 0.416. The minimum atomic E-state index is 0.416. The lowest BCUT2D eigenvalue weighted by Crippen LogP contribution is -2.47. The molecule has 1 aromatic carbocycles. The summed E-state index contributed by atoms with van der Waals surface area (Å²) in [5.41, 5.74) is 1.90. The van der Waals surface area contributed by atoms with Crippen molar-refractivity contribution in [2.45, 2.75) is 44.1 Å². The molecule has 0 amide bonds. The first-order valence-electron chi connectivity index (χ1n) is 6.44. The number of benzene rings is 1. The van der Waals surface area contributed by atoms with Crippen molar-refractivity contribution in [2.24, 2.45) is 0 Å². The van der Waals surface area contributed by atoms with Crippen molar-refractivity contribution in [3.05, 3.63) is 35.9 Å². The van der Waals surface area contributed by atoms with Crippen LogP contribution in [0.4, 0.5) is 0 Å². The van der Waals surface area contributed by atoms with Gasteiger partial charge in [-0.25, -0.2) is 0 Å². The van der Waals surface area contributed by atoms with E-state index >= 15 is 0 Å². The molecule has 1 aliphatic rings. The van der Waals surface area contributed by atoms with Gasteiger partial charge in [0.05, 0.1) is 0 Å². The van der Waals surface area contributed by atoms with E-state index in [0.717, 1.165) is 0 Å². The van der Waals surface area contributed by atoms with Crippen LogP contribution in [0.2, 0.25) is 0 Å². The second-order valence-electron chi connectivity index (χ2n) is 5.34. The summed E-state index contributed by atoms with van der Waals surface area (Å²) in [6.45, 7) is 0. The quantitative estimate of drug-likeness (QED) is 0.749. The molecule has 1 heteroatoms. The lowest BCUT2D eigenvalue weighted by atomic mass is 9.76. The lowest BCUT2D eigenvalue weighted by molar-refractivity contribution is 0.100. The van der Waals surface area contributed by atoms with Gasteiger partial charge in [-0.15, -0.1) is 0 Å². The zero-order valence-corrected chi connectivity index (χ0v) is 10.6. The molecule has 0 aliphatic heterocycles. The summed E-state index contributed by atoms with van der Waals surface area (Å²) >= 11 is 0. The Bertz CT molecular complexity index is 309. The summed E-state index contributed by atoms with van der Waals surface area (Å²) in [5, 5.41) is 0. The number of rotatable bonds is 3. The molecule has 1 fully saturated rings. The van der Waals surface area contributed by atoms with Crippen molar-refractivity contribution in [3.8, 4) is 0 Å². The third-order valence-electron chi connectivity index (χ3n) is 4.11. The van der Waals surface area contributed by atoms with Gasteiger partial charge in [-0.2, -0.15) is 0 Å². The number of hydrogen-bond donors (Lipinski definition) is 0. The Hall–Kier alpha value is -0.820. The second kappa shape index (κ2) is 5.01. The molecule has 0 aromatic heterocycles. The summed E-state index contributed by atoms with van der Waals surface area (Å²) < 4.78 is 0. The summed E-state index contributed by atoms with van der Waals surface area (Å²) in [7, 11) is 4.49. The van der Waals surface area contributed by atoms with E-state index in [0.29, 0.717) is 5.54 Å². The van der Waals surface area contributed by atoms with Crippen LogP contribution in [0.5, 0.6) is 0 Å². The highest BCUT2D eigenvalue weighted by Crippen LogP contribution is 2.35. The van der Waals surface area contributed by atoms with Gasteiger partial charge in [0.2, 0.25) is 0 Å². The highest BCUT2D eigenvalue weighted by atomic mass is 15.1. The maximum Gasteiger partial charge on any atom is 0.0243 e. The average Bonchev–Trinajstić information content (AvgIpc) is 2.31. The van der Waals surface area contributed by atoms with E-state index < -0.39 is 0 Å². The maximum atomic E-state index is 2.46. The molecule has 1 aromatic rings. The normalized spacial score (nSPS) is 19.9. The van der Waals surface area contributed by atoms with E-state index in [1.165, 1.54) is 44.1 Å². The topological polar surface area (TPSA) is 3.24 Å². The molecule has 0 bridgehead atoms. The van der Waals surface area contributed by atoms with Gasteiger partial charge in [0.25, 0.3) is 0 Å². The minimum Gasteiger partial charge on any atom is -0.303 e. The van der Waals surface area contributed by atoms with Crippen LogP contribution in [0.1, 0.15) is 37.7 Å². The first kappa shape index (κ1) is 11.7. The first-order chi connectivity index (χ1) is 7.73.